The zero-order chi connectivity index (χ0) is 14.8. The molecular formula is C11H14BrClN2O3S. The summed E-state index contributed by atoms with van der Waals surface area (Å²) in [4.78, 5) is 11.8. The van der Waals surface area contributed by atoms with Crippen molar-refractivity contribution in [2.24, 2.45) is 0 Å². The van der Waals surface area contributed by atoms with Crippen LogP contribution in [0.2, 0.25) is 5.02 Å². The zero-order valence-corrected chi connectivity index (χ0v) is 13.8. The quantitative estimate of drug-likeness (QED) is 0.801. The van der Waals surface area contributed by atoms with E-state index in [9.17, 15) is 13.2 Å². The van der Waals surface area contributed by atoms with Crippen LogP contribution in [-0.2, 0) is 14.8 Å². The van der Waals surface area contributed by atoms with Crippen molar-refractivity contribution < 1.29 is 13.2 Å². The number of anilines is 2. The lowest BCUT2D eigenvalue weighted by Gasteiger charge is -2.17. The molecule has 1 aromatic rings. The Kier molecular flexibility index (Phi) is 4.86. The average molecular weight is 370 g/mol. The predicted molar refractivity (Wildman–Crippen MR) is 81.6 cm³/mol. The van der Waals surface area contributed by atoms with Crippen molar-refractivity contribution in [1.29, 1.82) is 0 Å². The van der Waals surface area contributed by atoms with E-state index >= 15 is 0 Å². The smallest absolute Gasteiger partial charge is 0.240 e. The molecule has 0 heterocycles. The fourth-order valence-electron chi connectivity index (χ4n) is 1.17. The highest BCUT2D eigenvalue weighted by molar-refractivity contribution is 9.10. The van der Waals surface area contributed by atoms with Crippen LogP contribution in [0.25, 0.3) is 0 Å². The topological polar surface area (TPSA) is 75.3 Å². The molecule has 0 radical (unpaired) electrons. The van der Waals surface area contributed by atoms with Gasteiger partial charge in [-0.05, 0) is 32.0 Å². The summed E-state index contributed by atoms with van der Waals surface area (Å²) in [6.45, 7) is 3.38. The van der Waals surface area contributed by atoms with Crippen LogP contribution in [0.5, 0.6) is 0 Å². The maximum atomic E-state index is 11.8. The van der Waals surface area contributed by atoms with Gasteiger partial charge in [-0.15, -0.1) is 0 Å². The monoisotopic (exact) mass is 368 g/mol. The van der Waals surface area contributed by atoms with Crippen molar-refractivity contribution >= 4 is 54.8 Å². The molecule has 5 nitrogen and oxygen atoms in total. The second-order valence-corrected chi connectivity index (χ2v) is 8.63. The molecule has 0 spiro atoms. The number of alkyl halides is 1. The molecule has 1 aromatic carbocycles. The van der Waals surface area contributed by atoms with Gasteiger partial charge in [-0.2, -0.15) is 0 Å². The first-order valence-electron chi connectivity index (χ1n) is 5.27. The molecule has 8 heteroatoms. The number of amides is 1. The lowest BCUT2D eigenvalue weighted by Crippen LogP contribution is -2.31. The zero-order valence-electron chi connectivity index (χ0n) is 10.6. The van der Waals surface area contributed by atoms with Crippen molar-refractivity contribution in [2.45, 2.75) is 18.2 Å². The maximum Gasteiger partial charge on any atom is 0.240 e. The second kappa shape index (κ2) is 5.68. The number of rotatable bonds is 4. The van der Waals surface area contributed by atoms with Gasteiger partial charge >= 0.3 is 0 Å². The Hall–Kier alpha value is -0.790. The molecule has 0 unspecified atom stereocenters. The Morgan fingerprint density at radius 2 is 1.95 bits per heavy atom. The first-order valence-corrected chi connectivity index (χ1v) is 8.33. The highest BCUT2D eigenvalue weighted by Gasteiger charge is 2.24. The fourth-order valence-corrected chi connectivity index (χ4v) is 1.99. The first kappa shape index (κ1) is 16.3. The molecule has 0 aromatic heterocycles. The van der Waals surface area contributed by atoms with Crippen LogP contribution in [0.4, 0.5) is 11.4 Å². The number of halogens is 2. The summed E-state index contributed by atoms with van der Waals surface area (Å²) in [5.74, 6) is -0.286. The Morgan fingerprint density at radius 3 is 2.42 bits per heavy atom. The molecular weight excluding hydrogens is 356 g/mol. The lowest BCUT2D eigenvalue weighted by atomic mass is 10.2. The Bertz CT molecular complexity index is 596. The van der Waals surface area contributed by atoms with Crippen molar-refractivity contribution in [3.8, 4) is 0 Å². The van der Waals surface area contributed by atoms with E-state index in [0.29, 0.717) is 16.4 Å². The van der Waals surface area contributed by atoms with E-state index in [1.165, 1.54) is 18.2 Å². The number of hydrogen-bond acceptors (Lipinski definition) is 3. The summed E-state index contributed by atoms with van der Waals surface area (Å²) in [7, 11) is -3.38. The normalized spacial score (nSPS) is 12.1. The van der Waals surface area contributed by atoms with Crippen LogP contribution in [0.3, 0.4) is 0 Å². The Balaban J connectivity index is 3.02. The van der Waals surface area contributed by atoms with Crippen molar-refractivity contribution in [1.82, 2.24) is 0 Å². The van der Waals surface area contributed by atoms with E-state index in [1.807, 2.05) is 0 Å². The van der Waals surface area contributed by atoms with Gasteiger partial charge in [0.1, 0.15) is 0 Å². The van der Waals surface area contributed by atoms with Gasteiger partial charge in [-0.25, -0.2) is 8.42 Å². The van der Waals surface area contributed by atoms with E-state index in [2.05, 4.69) is 26.0 Å². The average Bonchev–Trinajstić information content (AvgIpc) is 2.19. The SMILES string of the molecule is CC(C)(Br)C(=O)Nc1cc(NS(C)(=O)=O)ccc1Cl. The molecule has 0 bridgehead atoms. The maximum absolute atomic E-state index is 11.8. The van der Waals surface area contributed by atoms with Crippen LogP contribution in [0.1, 0.15) is 13.8 Å². The molecule has 106 valence electrons. The third-order valence-corrected chi connectivity index (χ3v) is 3.35. The van der Waals surface area contributed by atoms with E-state index in [4.69, 9.17) is 11.6 Å². The molecule has 0 aliphatic rings. The number of benzene rings is 1. The third-order valence-electron chi connectivity index (χ3n) is 2.06. The van der Waals surface area contributed by atoms with Gasteiger partial charge in [0.05, 0.1) is 27.0 Å². The number of carbonyl (C=O) groups is 1. The summed E-state index contributed by atoms with van der Waals surface area (Å²) in [5.41, 5.74) is 0.669. The summed E-state index contributed by atoms with van der Waals surface area (Å²) in [6, 6.07) is 4.48. The summed E-state index contributed by atoms with van der Waals surface area (Å²) in [6.07, 6.45) is 1.04. The third kappa shape index (κ3) is 5.38. The number of hydrogen-bond donors (Lipinski definition) is 2. The lowest BCUT2D eigenvalue weighted by molar-refractivity contribution is -0.117. The molecule has 2 N–H and O–H groups in total. The summed E-state index contributed by atoms with van der Waals surface area (Å²) < 4.78 is 23.8. The second-order valence-electron chi connectivity index (χ2n) is 4.50. The molecule has 0 aliphatic heterocycles. The number of sulfonamides is 1. The number of nitrogens with one attached hydrogen (secondary N) is 2. The molecule has 1 rings (SSSR count). The largest absolute Gasteiger partial charge is 0.323 e. The molecule has 0 aliphatic carbocycles. The van der Waals surface area contributed by atoms with E-state index < -0.39 is 14.3 Å². The van der Waals surface area contributed by atoms with Crippen LogP contribution in [0.15, 0.2) is 18.2 Å². The summed E-state index contributed by atoms with van der Waals surface area (Å²) in [5, 5.41) is 2.95. The molecule has 19 heavy (non-hydrogen) atoms. The van der Waals surface area contributed by atoms with Gasteiger partial charge in [0.25, 0.3) is 0 Å². The molecule has 0 atom stereocenters. The fraction of sp³-hybridized carbons (Fsp3) is 0.364. The molecule has 0 fully saturated rings. The van der Waals surface area contributed by atoms with Gasteiger partial charge < -0.3 is 5.32 Å². The minimum absolute atomic E-state index is 0.286. The van der Waals surface area contributed by atoms with Crippen molar-refractivity contribution in [3.63, 3.8) is 0 Å². The standard InChI is InChI=1S/C11H14BrClN2O3S/c1-11(2,12)10(16)14-9-6-7(4-5-8(9)13)15-19(3,17)18/h4-6,15H,1-3H3,(H,14,16). The molecule has 1 amide bonds. The van der Waals surface area contributed by atoms with E-state index in [0.717, 1.165) is 6.26 Å². The van der Waals surface area contributed by atoms with Crippen LogP contribution in [0, 0.1) is 0 Å². The van der Waals surface area contributed by atoms with E-state index in [-0.39, 0.29) is 5.91 Å². The first-order chi connectivity index (χ1) is 8.49. The predicted octanol–water partition coefficient (Wildman–Crippen LogP) is 2.82. The van der Waals surface area contributed by atoms with Crippen LogP contribution >= 0.6 is 27.5 Å². The highest BCUT2D eigenvalue weighted by atomic mass is 79.9. The van der Waals surface area contributed by atoms with Gasteiger partial charge in [0.2, 0.25) is 15.9 Å². The number of carbonyl (C=O) groups excluding carboxylic acids is 1. The molecule has 0 saturated carbocycles. The summed E-state index contributed by atoms with van der Waals surface area (Å²) >= 11 is 9.18. The van der Waals surface area contributed by atoms with Crippen LogP contribution in [-0.4, -0.2) is 24.9 Å². The highest BCUT2D eigenvalue weighted by Crippen LogP contribution is 2.28. The minimum Gasteiger partial charge on any atom is -0.323 e. The molecule has 0 saturated heterocycles. The minimum atomic E-state index is -3.38. The van der Waals surface area contributed by atoms with Gasteiger partial charge in [-0.3, -0.25) is 9.52 Å². The Morgan fingerprint density at radius 1 is 1.37 bits per heavy atom. The van der Waals surface area contributed by atoms with Gasteiger partial charge in [-0.1, -0.05) is 27.5 Å². The van der Waals surface area contributed by atoms with Gasteiger partial charge in [0.15, 0.2) is 0 Å². The Labute approximate surface area is 125 Å². The van der Waals surface area contributed by atoms with E-state index in [1.54, 1.807) is 13.8 Å². The van der Waals surface area contributed by atoms with Gasteiger partial charge in [0, 0.05) is 0 Å². The van der Waals surface area contributed by atoms with Crippen molar-refractivity contribution in [3.05, 3.63) is 23.2 Å². The van der Waals surface area contributed by atoms with Crippen LogP contribution < -0.4 is 10.0 Å². The van der Waals surface area contributed by atoms with Crippen molar-refractivity contribution in [2.75, 3.05) is 16.3 Å².